The molecule has 0 saturated heterocycles. The lowest BCUT2D eigenvalue weighted by Gasteiger charge is -2.13. The summed E-state index contributed by atoms with van der Waals surface area (Å²) >= 11 is 1.35. The summed E-state index contributed by atoms with van der Waals surface area (Å²) in [6.07, 6.45) is 0.371. The maximum atomic E-state index is 12.4. The minimum absolute atomic E-state index is 0.165. The van der Waals surface area contributed by atoms with Gasteiger partial charge in [0.1, 0.15) is 5.92 Å². The Morgan fingerprint density at radius 2 is 1.90 bits per heavy atom. The van der Waals surface area contributed by atoms with Crippen LogP contribution in [0.5, 0.6) is 0 Å². The number of ether oxygens (including phenoxy) is 1. The maximum absolute atomic E-state index is 12.4. The van der Waals surface area contributed by atoms with Crippen molar-refractivity contribution >= 4 is 23.1 Å². The normalized spacial score (nSPS) is 11.8. The van der Waals surface area contributed by atoms with Gasteiger partial charge in [-0.25, -0.2) is 0 Å². The molecule has 2 aromatic rings. The Morgan fingerprint density at radius 1 is 1.15 bits per heavy atom. The van der Waals surface area contributed by atoms with Crippen molar-refractivity contribution in [3.05, 3.63) is 58.3 Å². The van der Waals surface area contributed by atoms with Crippen LogP contribution in [0.15, 0.2) is 47.8 Å². The highest BCUT2D eigenvalue weighted by Gasteiger charge is 2.29. The lowest BCUT2D eigenvalue weighted by molar-refractivity contribution is -0.146. The van der Waals surface area contributed by atoms with E-state index in [1.54, 1.807) is 13.0 Å². The summed E-state index contributed by atoms with van der Waals surface area (Å²) in [5.74, 6) is -1.38. The molecule has 1 atom stereocenters. The molecule has 0 radical (unpaired) electrons. The second kappa shape index (κ2) is 7.01. The highest BCUT2D eigenvalue weighted by atomic mass is 32.1. The minimum Gasteiger partial charge on any atom is -0.465 e. The summed E-state index contributed by atoms with van der Waals surface area (Å²) in [6.45, 7) is 2.02. The summed E-state index contributed by atoms with van der Waals surface area (Å²) in [6, 6.07) is 13.1. The number of Topliss-reactive ketones (excluding diaryl/α,β-unsaturated/α-hetero) is 1. The number of benzene rings is 1. The molecule has 1 unspecified atom stereocenters. The van der Waals surface area contributed by atoms with Gasteiger partial charge in [0, 0.05) is 0 Å². The van der Waals surface area contributed by atoms with Crippen LogP contribution >= 0.6 is 11.3 Å². The molecule has 0 aliphatic heterocycles. The van der Waals surface area contributed by atoms with E-state index in [0.29, 0.717) is 11.3 Å². The molecular weight excluding hydrogens is 272 g/mol. The van der Waals surface area contributed by atoms with Crippen LogP contribution in [0.25, 0.3) is 0 Å². The van der Waals surface area contributed by atoms with Crippen molar-refractivity contribution < 1.29 is 14.3 Å². The molecule has 1 aromatic carbocycles. The van der Waals surface area contributed by atoms with E-state index in [9.17, 15) is 9.59 Å². The van der Waals surface area contributed by atoms with E-state index in [1.165, 1.54) is 11.3 Å². The lowest BCUT2D eigenvalue weighted by Crippen LogP contribution is -2.28. The van der Waals surface area contributed by atoms with E-state index in [4.69, 9.17) is 4.74 Å². The van der Waals surface area contributed by atoms with E-state index in [2.05, 4.69) is 0 Å². The zero-order valence-electron chi connectivity index (χ0n) is 11.2. The molecule has 2 rings (SSSR count). The van der Waals surface area contributed by atoms with Gasteiger partial charge in [-0.2, -0.15) is 0 Å². The number of hydrogen-bond donors (Lipinski definition) is 0. The first-order valence-corrected chi connectivity index (χ1v) is 7.38. The molecule has 4 heteroatoms. The van der Waals surface area contributed by atoms with Crippen molar-refractivity contribution in [1.29, 1.82) is 0 Å². The Kier molecular flexibility index (Phi) is 5.07. The monoisotopic (exact) mass is 288 g/mol. The highest BCUT2D eigenvalue weighted by molar-refractivity contribution is 7.12. The number of rotatable bonds is 6. The van der Waals surface area contributed by atoms with Gasteiger partial charge in [-0.05, 0) is 30.4 Å². The van der Waals surface area contributed by atoms with Crippen molar-refractivity contribution in [2.24, 2.45) is 5.92 Å². The molecule has 1 heterocycles. The van der Waals surface area contributed by atoms with E-state index < -0.39 is 11.9 Å². The summed E-state index contributed by atoms with van der Waals surface area (Å²) in [5, 5.41) is 1.83. The first kappa shape index (κ1) is 14.5. The van der Waals surface area contributed by atoms with Gasteiger partial charge >= 0.3 is 5.97 Å². The standard InChI is InChI=1S/C16H16O3S/c1-2-19-16(18)13(11-12-7-4-3-5-8-12)15(17)14-9-6-10-20-14/h3-10,13H,2,11H2,1H3. The van der Waals surface area contributed by atoms with Gasteiger partial charge in [0.05, 0.1) is 11.5 Å². The van der Waals surface area contributed by atoms with E-state index >= 15 is 0 Å². The van der Waals surface area contributed by atoms with Gasteiger partial charge in [-0.3, -0.25) is 9.59 Å². The summed E-state index contributed by atoms with van der Waals surface area (Å²) in [4.78, 5) is 25.1. The third kappa shape index (κ3) is 3.54. The van der Waals surface area contributed by atoms with Crippen LogP contribution in [-0.2, 0) is 16.0 Å². The van der Waals surface area contributed by atoms with Gasteiger partial charge < -0.3 is 4.74 Å². The molecule has 0 aliphatic rings. The van der Waals surface area contributed by atoms with Crippen molar-refractivity contribution in [3.8, 4) is 0 Å². The predicted octanol–water partition coefficient (Wildman–Crippen LogP) is 3.35. The van der Waals surface area contributed by atoms with Crippen LogP contribution in [-0.4, -0.2) is 18.4 Å². The fraction of sp³-hybridized carbons (Fsp3) is 0.250. The fourth-order valence-corrected chi connectivity index (χ4v) is 2.69. The number of hydrogen-bond acceptors (Lipinski definition) is 4. The molecule has 0 amide bonds. The van der Waals surface area contributed by atoms with Gasteiger partial charge in [-0.1, -0.05) is 36.4 Å². The van der Waals surface area contributed by atoms with Crippen molar-refractivity contribution in [2.75, 3.05) is 6.61 Å². The summed E-state index contributed by atoms with van der Waals surface area (Å²) in [7, 11) is 0. The second-order valence-electron chi connectivity index (χ2n) is 4.34. The third-order valence-electron chi connectivity index (χ3n) is 2.93. The topological polar surface area (TPSA) is 43.4 Å². The Morgan fingerprint density at radius 3 is 2.50 bits per heavy atom. The molecule has 1 aromatic heterocycles. The van der Waals surface area contributed by atoms with E-state index in [-0.39, 0.29) is 12.4 Å². The third-order valence-corrected chi connectivity index (χ3v) is 3.82. The van der Waals surface area contributed by atoms with Crippen molar-refractivity contribution in [1.82, 2.24) is 0 Å². The smallest absolute Gasteiger partial charge is 0.317 e. The van der Waals surface area contributed by atoms with Crippen LogP contribution in [0.3, 0.4) is 0 Å². The van der Waals surface area contributed by atoms with Crippen LogP contribution in [0.4, 0.5) is 0 Å². The summed E-state index contributed by atoms with van der Waals surface area (Å²) < 4.78 is 5.04. The second-order valence-corrected chi connectivity index (χ2v) is 5.28. The molecule has 3 nitrogen and oxygen atoms in total. The fourth-order valence-electron chi connectivity index (χ4n) is 1.97. The molecule has 0 fully saturated rings. The minimum atomic E-state index is -0.768. The van der Waals surface area contributed by atoms with E-state index in [1.807, 2.05) is 41.8 Å². The Labute approximate surface area is 122 Å². The van der Waals surface area contributed by atoms with E-state index in [0.717, 1.165) is 5.56 Å². The summed E-state index contributed by atoms with van der Waals surface area (Å²) in [5.41, 5.74) is 0.954. The molecule has 0 N–H and O–H groups in total. The predicted molar refractivity (Wildman–Crippen MR) is 78.9 cm³/mol. The number of ketones is 1. The largest absolute Gasteiger partial charge is 0.465 e. The van der Waals surface area contributed by atoms with Crippen LogP contribution in [0.2, 0.25) is 0 Å². The number of carbonyl (C=O) groups excluding carboxylic acids is 2. The van der Waals surface area contributed by atoms with Crippen LogP contribution < -0.4 is 0 Å². The molecule has 20 heavy (non-hydrogen) atoms. The molecule has 0 aliphatic carbocycles. The van der Waals surface area contributed by atoms with Crippen molar-refractivity contribution in [3.63, 3.8) is 0 Å². The first-order valence-electron chi connectivity index (χ1n) is 6.50. The maximum Gasteiger partial charge on any atom is 0.317 e. The average molecular weight is 288 g/mol. The Hall–Kier alpha value is -1.94. The van der Waals surface area contributed by atoms with Gasteiger partial charge in [-0.15, -0.1) is 11.3 Å². The van der Waals surface area contributed by atoms with Crippen LogP contribution in [0.1, 0.15) is 22.2 Å². The molecule has 0 bridgehead atoms. The van der Waals surface area contributed by atoms with Crippen LogP contribution in [0, 0.1) is 5.92 Å². The molecular formula is C16H16O3S. The highest BCUT2D eigenvalue weighted by Crippen LogP contribution is 2.19. The zero-order valence-corrected chi connectivity index (χ0v) is 12.1. The Bertz CT molecular complexity index is 561. The molecule has 104 valence electrons. The van der Waals surface area contributed by atoms with Crippen molar-refractivity contribution in [2.45, 2.75) is 13.3 Å². The van der Waals surface area contributed by atoms with Gasteiger partial charge in [0.25, 0.3) is 0 Å². The van der Waals surface area contributed by atoms with Gasteiger partial charge in [0.2, 0.25) is 0 Å². The quantitative estimate of drug-likeness (QED) is 0.465. The Balaban J connectivity index is 2.21. The number of thiophene rings is 1. The van der Waals surface area contributed by atoms with Gasteiger partial charge in [0.15, 0.2) is 5.78 Å². The lowest BCUT2D eigenvalue weighted by atomic mass is 9.94. The zero-order chi connectivity index (χ0) is 14.4. The first-order chi connectivity index (χ1) is 9.72. The SMILES string of the molecule is CCOC(=O)C(Cc1ccccc1)C(=O)c1cccs1. The number of esters is 1. The molecule has 0 saturated carbocycles. The average Bonchev–Trinajstić information content (AvgIpc) is 2.99. The number of carbonyl (C=O) groups is 2. The molecule has 0 spiro atoms.